The molecule has 1 atom stereocenters. The number of carbonyl (C=O) groups excluding carboxylic acids is 1. The number of rotatable bonds is 7. The fourth-order valence-electron chi connectivity index (χ4n) is 3.67. The van der Waals surface area contributed by atoms with Crippen molar-refractivity contribution in [1.82, 2.24) is 0 Å². The third-order valence-electron chi connectivity index (χ3n) is 5.30. The molecule has 0 radical (unpaired) electrons. The Bertz CT molecular complexity index is 464. The van der Waals surface area contributed by atoms with Crippen molar-refractivity contribution < 1.29 is 17.8 Å². The van der Waals surface area contributed by atoms with Gasteiger partial charge in [0, 0.05) is 11.7 Å². The van der Waals surface area contributed by atoms with E-state index in [1.807, 2.05) is 6.92 Å². The lowest BCUT2D eigenvalue weighted by Gasteiger charge is -2.23. The summed E-state index contributed by atoms with van der Waals surface area (Å²) in [5.74, 6) is 1.71. The summed E-state index contributed by atoms with van der Waals surface area (Å²) in [7, 11) is -3.57. The summed E-state index contributed by atoms with van der Waals surface area (Å²) in [4.78, 5) is 12.3. The van der Waals surface area contributed by atoms with Gasteiger partial charge < -0.3 is 4.55 Å². The first-order valence-corrected chi connectivity index (χ1v) is 13.4. The van der Waals surface area contributed by atoms with E-state index in [0.717, 1.165) is 17.4 Å². The minimum absolute atomic E-state index is 0.219. The Kier molecular flexibility index (Phi) is 11.3. The highest BCUT2D eigenvalue weighted by Crippen LogP contribution is 2.28. The van der Waals surface area contributed by atoms with E-state index in [0.29, 0.717) is 29.0 Å². The van der Waals surface area contributed by atoms with Gasteiger partial charge in [-0.05, 0) is 55.8 Å². The van der Waals surface area contributed by atoms with E-state index in [4.69, 9.17) is 0 Å². The van der Waals surface area contributed by atoms with Crippen LogP contribution in [-0.4, -0.2) is 41.8 Å². The molecule has 0 aromatic carbocycles. The molecule has 0 aliphatic heterocycles. The van der Waals surface area contributed by atoms with Gasteiger partial charge in [0.25, 0.3) is 0 Å². The lowest BCUT2D eigenvalue weighted by atomic mass is 9.87. The van der Waals surface area contributed by atoms with E-state index in [1.54, 1.807) is 0 Å². The topological polar surface area (TPSA) is 74.3 Å². The summed E-state index contributed by atoms with van der Waals surface area (Å²) < 4.78 is 29.5. The maximum atomic E-state index is 12.3. The standard InChI is InChI=1S/C15H27OS.C4H10O3S/c1-17(14-10-6-3-7-11-14)12-15(16)13-8-4-2-5-9-13;1-2-3-4-8(5,6)7/h13-14H,2-12H2,1H3;2-4H2,1H3,(H,5,6,7)/q+1;/p-1. The first-order chi connectivity index (χ1) is 11.8. The second-order valence-electron chi connectivity index (χ2n) is 7.51. The predicted octanol–water partition coefficient (Wildman–Crippen LogP) is 4.05. The van der Waals surface area contributed by atoms with Gasteiger partial charge in [-0.25, -0.2) is 8.42 Å². The highest BCUT2D eigenvalue weighted by molar-refractivity contribution is 7.97. The van der Waals surface area contributed by atoms with Gasteiger partial charge in [-0.15, -0.1) is 0 Å². The molecule has 2 fully saturated rings. The number of unbranched alkanes of at least 4 members (excludes halogenated alkanes) is 1. The molecule has 0 saturated heterocycles. The van der Waals surface area contributed by atoms with Crippen molar-refractivity contribution in [3.05, 3.63) is 0 Å². The van der Waals surface area contributed by atoms with Crippen LogP contribution in [0.1, 0.15) is 84.0 Å². The number of carbonyl (C=O) groups is 1. The highest BCUT2D eigenvalue weighted by atomic mass is 32.2. The predicted molar refractivity (Wildman–Crippen MR) is 106 cm³/mol. The van der Waals surface area contributed by atoms with Crippen molar-refractivity contribution in [3.8, 4) is 0 Å². The molecule has 2 aliphatic rings. The Labute approximate surface area is 157 Å². The molecule has 0 N–H and O–H groups in total. The van der Waals surface area contributed by atoms with Crippen molar-refractivity contribution in [2.24, 2.45) is 5.92 Å². The molecular weight excluding hydrogens is 356 g/mol. The summed E-state index contributed by atoms with van der Waals surface area (Å²) in [6, 6.07) is 0. The van der Waals surface area contributed by atoms with Gasteiger partial charge >= 0.3 is 0 Å². The lowest BCUT2D eigenvalue weighted by molar-refractivity contribution is -0.121. The molecule has 2 rings (SSSR count). The third kappa shape index (κ3) is 10.6. The Morgan fingerprint density at radius 1 is 1.00 bits per heavy atom. The van der Waals surface area contributed by atoms with Gasteiger partial charge in [-0.2, -0.15) is 0 Å². The molecule has 0 aromatic heterocycles. The van der Waals surface area contributed by atoms with Crippen LogP contribution in [0.3, 0.4) is 0 Å². The Morgan fingerprint density at radius 3 is 1.96 bits per heavy atom. The molecule has 0 bridgehead atoms. The Hall–Kier alpha value is -0.0700. The van der Waals surface area contributed by atoms with Gasteiger partial charge in [0.1, 0.15) is 5.25 Å². The first kappa shape index (κ1) is 23.0. The SMILES string of the molecule is CCCCS(=O)(=O)[O-].C[S+](CC(=O)C1CCCCC1)C1CCCCC1. The second-order valence-corrected chi connectivity index (χ2v) is 11.4. The van der Waals surface area contributed by atoms with Gasteiger partial charge in [0.05, 0.1) is 16.4 Å². The van der Waals surface area contributed by atoms with E-state index in [1.165, 1.54) is 64.2 Å². The minimum Gasteiger partial charge on any atom is -0.748 e. The molecule has 1 unspecified atom stereocenters. The zero-order valence-corrected chi connectivity index (χ0v) is 17.6. The summed E-state index contributed by atoms with van der Waals surface area (Å²) >= 11 is 0. The van der Waals surface area contributed by atoms with Crippen LogP contribution < -0.4 is 0 Å². The van der Waals surface area contributed by atoms with Crippen molar-refractivity contribution in [1.29, 1.82) is 0 Å². The van der Waals surface area contributed by atoms with Crippen LogP contribution >= 0.6 is 0 Å². The van der Waals surface area contributed by atoms with Crippen LogP contribution in [0.4, 0.5) is 0 Å². The largest absolute Gasteiger partial charge is 0.748 e. The number of hydrogen-bond donors (Lipinski definition) is 0. The van der Waals surface area contributed by atoms with E-state index < -0.39 is 10.1 Å². The monoisotopic (exact) mass is 392 g/mol. The van der Waals surface area contributed by atoms with Gasteiger partial charge in [0.2, 0.25) is 0 Å². The van der Waals surface area contributed by atoms with E-state index in [9.17, 15) is 17.8 Å². The molecule has 0 heterocycles. The normalized spacial score (nSPS) is 21.2. The molecule has 0 amide bonds. The summed E-state index contributed by atoms with van der Waals surface area (Å²) in [6.07, 6.45) is 16.9. The van der Waals surface area contributed by atoms with Crippen LogP contribution in [0.5, 0.6) is 0 Å². The van der Waals surface area contributed by atoms with Crippen LogP contribution in [0.2, 0.25) is 0 Å². The third-order valence-corrected chi connectivity index (χ3v) is 8.44. The Morgan fingerprint density at radius 2 is 1.52 bits per heavy atom. The molecule has 148 valence electrons. The van der Waals surface area contributed by atoms with Crippen LogP contribution in [-0.2, 0) is 25.8 Å². The van der Waals surface area contributed by atoms with Crippen LogP contribution in [0.15, 0.2) is 0 Å². The van der Waals surface area contributed by atoms with Gasteiger partial charge in [0.15, 0.2) is 11.5 Å². The summed E-state index contributed by atoms with van der Waals surface area (Å²) in [5, 5.41) is 0.872. The quantitative estimate of drug-likeness (QED) is 0.484. The Balaban J connectivity index is 0.000000333. The molecule has 2 saturated carbocycles. The van der Waals surface area contributed by atoms with E-state index >= 15 is 0 Å². The van der Waals surface area contributed by atoms with E-state index in [2.05, 4.69) is 6.26 Å². The maximum Gasteiger partial charge on any atom is 0.184 e. The first-order valence-electron chi connectivity index (χ1n) is 9.91. The number of hydrogen-bond acceptors (Lipinski definition) is 4. The number of Topliss-reactive ketones (excluding diaryl/α,β-unsaturated/α-hetero) is 1. The smallest absolute Gasteiger partial charge is 0.184 e. The average molecular weight is 393 g/mol. The van der Waals surface area contributed by atoms with Crippen molar-refractivity contribution in [3.63, 3.8) is 0 Å². The maximum absolute atomic E-state index is 12.3. The molecule has 6 heteroatoms. The van der Waals surface area contributed by atoms with Gasteiger partial charge in [-0.3, -0.25) is 4.79 Å². The second kappa shape index (κ2) is 12.3. The average Bonchev–Trinajstić information content (AvgIpc) is 2.61. The van der Waals surface area contributed by atoms with E-state index in [-0.39, 0.29) is 5.75 Å². The molecule has 25 heavy (non-hydrogen) atoms. The summed E-state index contributed by atoms with van der Waals surface area (Å²) in [6.45, 7) is 1.84. The zero-order valence-electron chi connectivity index (χ0n) is 16.0. The fourth-order valence-corrected chi connectivity index (χ4v) is 6.37. The molecule has 0 aromatic rings. The minimum atomic E-state index is -3.94. The summed E-state index contributed by atoms with van der Waals surface area (Å²) in [5.41, 5.74) is 0. The van der Waals surface area contributed by atoms with Gasteiger partial charge in [-0.1, -0.05) is 39.0 Å². The van der Waals surface area contributed by atoms with Crippen LogP contribution in [0, 0.1) is 5.92 Å². The molecule has 2 aliphatic carbocycles. The molecular formula is C19H36O4S2. The van der Waals surface area contributed by atoms with Crippen molar-refractivity contribution in [2.45, 2.75) is 89.2 Å². The van der Waals surface area contributed by atoms with Crippen LogP contribution in [0.25, 0.3) is 0 Å². The number of ketones is 1. The van der Waals surface area contributed by atoms with Crippen molar-refractivity contribution >= 4 is 26.8 Å². The zero-order chi connectivity index (χ0) is 18.7. The highest BCUT2D eigenvalue weighted by Gasteiger charge is 2.32. The van der Waals surface area contributed by atoms with Crippen molar-refractivity contribution in [2.75, 3.05) is 17.8 Å². The molecule has 0 spiro atoms. The molecule has 4 nitrogen and oxygen atoms in total. The lowest BCUT2D eigenvalue weighted by Crippen LogP contribution is -2.32. The fraction of sp³-hybridized carbons (Fsp3) is 0.947.